The van der Waals surface area contributed by atoms with Crippen LogP contribution in [0.1, 0.15) is 52.9 Å². The molecule has 0 bridgehead atoms. The van der Waals surface area contributed by atoms with E-state index >= 15 is 0 Å². The van der Waals surface area contributed by atoms with Gasteiger partial charge < -0.3 is 19.2 Å². The molecule has 0 aliphatic carbocycles. The normalized spacial score (nSPS) is 17.8. The first-order valence-corrected chi connectivity index (χ1v) is 13.6. The quantitative estimate of drug-likeness (QED) is 0.447. The van der Waals surface area contributed by atoms with Gasteiger partial charge in [-0.25, -0.2) is 9.97 Å². The predicted molar refractivity (Wildman–Crippen MR) is 145 cm³/mol. The summed E-state index contributed by atoms with van der Waals surface area (Å²) in [4.78, 5) is 30.9. The number of aromatic amines is 1. The number of likely N-dealkylation sites (tertiary alicyclic amines) is 1. The SMILES string of the molecule is CCc1nc2c(C)cc(C)nc2n1Cc1ccc2[nH]c(C(=O)N3CCC(N4CCOCC4)CC3)cc2c1. The second-order valence-electron chi connectivity index (χ2n) is 10.5. The second-order valence-corrected chi connectivity index (χ2v) is 10.5. The van der Waals surface area contributed by atoms with E-state index in [0.717, 1.165) is 97.8 Å². The summed E-state index contributed by atoms with van der Waals surface area (Å²) in [6, 6.07) is 11.1. The van der Waals surface area contributed by atoms with Crippen LogP contribution in [0.2, 0.25) is 0 Å². The Labute approximate surface area is 217 Å². The van der Waals surface area contributed by atoms with Gasteiger partial charge in [0, 0.05) is 55.2 Å². The van der Waals surface area contributed by atoms with E-state index in [9.17, 15) is 4.79 Å². The number of aromatic nitrogens is 4. The van der Waals surface area contributed by atoms with Gasteiger partial charge in [0.05, 0.1) is 19.8 Å². The average molecular weight is 501 g/mol. The highest BCUT2D eigenvalue weighted by Crippen LogP contribution is 2.25. The molecule has 37 heavy (non-hydrogen) atoms. The van der Waals surface area contributed by atoms with Gasteiger partial charge in [0.2, 0.25) is 0 Å². The van der Waals surface area contributed by atoms with Crippen LogP contribution in [-0.2, 0) is 17.7 Å². The molecule has 0 radical (unpaired) electrons. The Kier molecular flexibility index (Phi) is 6.46. The summed E-state index contributed by atoms with van der Waals surface area (Å²) in [6.07, 6.45) is 2.91. The van der Waals surface area contributed by atoms with E-state index in [1.54, 1.807) is 0 Å². The van der Waals surface area contributed by atoms with Gasteiger partial charge in [0.15, 0.2) is 5.65 Å². The molecule has 3 aromatic heterocycles. The van der Waals surface area contributed by atoms with Crippen LogP contribution in [0, 0.1) is 13.8 Å². The van der Waals surface area contributed by atoms with Crippen molar-refractivity contribution in [1.29, 1.82) is 0 Å². The molecule has 6 rings (SSSR count). The Morgan fingerprint density at radius 3 is 2.59 bits per heavy atom. The summed E-state index contributed by atoms with van der Waals surface area (Å²) in [7, 11) is 0. The minimum absolute atomic E-state index is 0.0993. The zero-order valence-electron chi connectivity index (χ0n) is 22.1. The standard InChI is InChI=1S/C29H36N6O2/c1-4-26-32-27-19(2)15-20(3)30-28(27)35(26)18-21-5-6-24-22(16-21)17-25(31-24)29(36)34-9-7-23(8-10-34)33-11-13-37-14-12-33/h5-6,15-17,23,31H,4,7-14,18H2,1-3H3. The number of hydrogen-bond donors (Lipinski definition) is 1. The number of fused-ring (bicyclic) bond motifs is 2. The van der Waals surface area contributed by atoms with Crippen molar-refractivity contribution in [3.63, 3.8) is 0 Å². The molecule has 4 aromatic rings. The third-order valence-electron chi connectivity index (χ3n) is 7.99. The summed E-state index contributed by atoms with van der Waals surface area (Å²) >= 11 is 0. The minimum Gasteiger partial charge on any atom is -0.379 e. The van der Waals surface area contributed by atoms with Crippen molar-refractivity contribution >= 4 is 28.0 Å². The molecule has 5 heterocycles. The predicted octanol–water partition coefficient (Wildman–Crippen LogP) is 4.08. The number of hydrogen-bond acceptors (Lipinski definition) is 5. The van der Waals surface area contributed by atoms with Crippen molar-refractivity contribution in [2.45, 2.75) is 52.6 Å². The molecule has 1 amide bonds. The van der Waals surface area contributed by atoms with Crippen molar-refractivity contribution in [3.05, 3.63) is 58.7 Å². The number of carbonyl (C=O) groups excluding carboxylic acids is 1. The van der Waals surface area contributed by atoms with E-state index in [1.807, 2.05) is 17.9 Å². The molecule has 2 aliphatic heterocycles. The van der Waals surface area contributed by atoms with Crippen LogP contribution in [0.15, 0.2) is 30.3 Å². The first-order chi connectivity index (χ1) is 18.0. The van der Waals surface area contributed by atoms with Crippen molar-refractivity contribution in [3.8, 4) is 0 Å². The number of benzene rings is 1. The van der Waals surface area contributed by atoms with E-state index in [-0.39, 0.29) is 5.91 Å². The largest absolute Gasteiger partial charge is 0.379 e. The van der Waals surface area contributed by atoms with Crippen LogP contribution >= 0.6 is 0 Å². The molecule has 0 spiro atoms. The van der Waals surface area contributed by atoms with Crippen molar-refractivity contribution in [2.75, 3.05) is 39.4 Å². The van der Waals surface area contributed by atoms with Crippen LogP contribution in [0.25, 0.3) is 22.1 Å². The molecule has 0 atom stereocenters. The Morgan fingerprint density at radius 2 is 1.84 bits per heavy atom. The summed E-state index contributed by atoms with van der Waals surface area (Å²) in [5.74, 6) is 1.14. The molecule has 8 heteroatoms. The van der Waals surface area contributed by atoms with Crippen LogP contribution < -0.4 is 0 Å². The number of piperidine rings is 1. The highest BCUT2D eigenvalue weighted by molar-refractivity contribution is 5.98. The van der Waals surface area contributed by atoms with Crippen LogP contribution in [-0.4, -0.2) is 80.7 Å². The molecule has 0 saturated carbocycles. The van der Waals surface area contributed by atoms with Gasteiger partial charge in [0.1, 0.15) is 17.0 Å². The molecule has 2 fully saturated rings. The lowest BCUT2D eigenvalue weighted by atomic mass is 10.0. The van der Waals surface area contributed by atoms with Gasteiger partial charge in [0.25, 0.3) is 5.91 Å². The molecule has 2 aliphatic rings. The van der Waals surface area contributed by atoms with Gasteiger partial charge in [-0.2, -0.15) is 0 Å². The first-order valence-electron chi connectivity index (χ1n) is 13.6. The number of aryl methyl sites for hydroxylation is 3. The zero-order valence-corrected chi connectivity index (χ0v) is 22.1. The maximum atomic E-state index is 13.3. The van der Waals surface area contributed by atoms with E-state index in [4.69, 9.17) is 14.7 Å². The Balaban J connectivity index is 1.19. The highest BCUT2D eigenvalue weighted by Gasteiger charge is 2.28. The smallest absolute Gasteiger partial charge is 0.270 e. The molecule has 8 nitrogen and oxygen atoms in total. The number of amides is 1. The number of rotatable bonds is 5. The number of nitrogens with one attached hydrogen (secondary N) is 1. The van der Waals surface area contributed by atoms with Crippen LogP contribution in [0.3, 0.4) is 0 Å². The van der Waals surface area contributed by atoms with Gasteiger partial charge in [-0.3, -0.25) is 9.69 Å². The van der Waals surface area contributed by atoms with Gasteiger partial charge in [-0.15, -0.1) is 0 Å². The number of pyridine rings is 1. The molecular weight excluding hydrogens is 464 g/mol. The lowest BCUT2D eigenvalue weighted by molar-refractivity contribution is 0.00154. The molecular formula is C29H36N6O2. The summed E-state index contributed by atoms with van der Waals surface area (Å²) in [5, 5.41) is 1.06. The van der Waals surface area contributed by atoms with Gasteiger partial charge in [-0.1, -0.05) is 13.0 Å². The lowest BCUT2D eigenvalue weighted by Crippen LogP contribution is -2.50. The van der Waals surface area contributed by atoms with Crippen molar-refractivity contribution < 1.29 is 9.53 Å². The fourth-order valence-electron chi connectivity index (χ4n) is 6.01. The maximum absolute atomic E-state index is 13.3. The number of carbonyl (C=O) groups is 1. The summed E-state index contributed by atoms with van der Waals surface area (Å²) in [6.45, 7) is 12.2. The van der Waals surface area contributed by atoms with E-state index in [0.29, 0.717) is 18.3 Å². The Bertz CT molecular complexity index is 1440. The fraction of sp³-hybridized carbons (Fsp3) is 0.483. The van der Waals surface area contributed by atoms with Crippen molar-refractivity contribution in [1.82, 2.24) is 29.3 Å². The van der Waals surface area contributed by atoms with E-state index in [1.165, 1.54) is 5.56 Å². The number of morpholine rings is 1. The van der Waals surface area contributed by atoms with Crippen LogP contribution in [0.4, 0.5) is 0 Å². The van der Waals surface area contributed by atoms with Gasteiger partial charge >= 0.3 is 0 Å². The topological polar surface area (TPSA) is 79.3 Å². The van der Waals surface area contributed by atoms with E-state index in [2.05, 4.69) is 52.6 Å². The fourth-order valence-corrected chi connectivity index (χ4v) is 6.01. The molecule has 0 unspecified atom stereocenters. The Morgan fingerprint density at radius 1 is 1.05 bits per heavy atom. The third-order valence-corrected chi connectivity index (χ3v) is 7.99. The summed E-state index contributed by atoms with van der Waals surface area (Å²) < 4.78 is 7.73. The highest BCUT2D eigenvalue weighted by atomic mass is 16.5. The van der Waals surface area contributed by atoms with Crippen molar-refractivity contribution in [2.24, 2.45) is 0 Å². The molecule has 1 aromatic carbocycles. The second kappa shape index (κ2) is 9.91. The number of ether oxygens (including phenoxy) is 1. The molecule has 194 valence electrons. The third kappa shape index (κ3) is 4.64. The lowest BCUT2D eigenvalue weighted by Gasteiger charge is -2.40. The Hall–Kier alpha value is -3.23. The molecule has 1 N–H and O–H groups in total. The zero-order chi connectivity index (χ0) is 25.5. The maximum Gasteiger partial charge on any atom is 0.270 e. The number of imidazole rings is 1. The number of nitrogens with zero attached hydrogens (tertiary/aromatic N) is 5. The van der Waals surface area contributed by atoms with E-state index < -0.39 is 0 Å². The van der Waals surface area contributed by atoms with Crippen LogP contribution in [0.5, 0.6) is 0 Å². The molecule has 2 saturated heterocycles. The first kappa shape index (κ1) is 24.1. The monoisotopic (exact) mass is 500 g/mol. The average Bonchev–Trinajstić information content (AvgIpc) is 3.50. The summed E-state index contributed by atoms with van der Waals surface area (Å²) in [5.41, 5.74) is 6.93. The van der Waals surface area contributed by atoms with Gasteiger partial charge in [-0.05, 0) is 62.1 Å². The minimum atomic E-state index is 0.0993. The number of H-pyrrole nitrogens is 1.